The Kier molecular flexibility index (Phi) is 4.25. The smallest absolute Gasteiger partial charge is 0.244 e. The Balaban J connectivity index is 0.00000168. The van der Waals surface area contributed by atoms with Gasteiger partial charge in [-0.25, -0.2) is 4.90 Å². The largest absolute Gasteiger partial charge is 1.00 e. The molecule has 0 aromatic heterocycles. The number of benzene rings is 2. The van der Waals surface area contributed by atoms with Crippen LogP contribution in [0.15, 0.2) is 112 Å². The van der Waals surface area contributed by atoms with Gasteiger partial charge in [-0.05, 0) is 23.3 Å². The number of aliphatic imine (C=N–C) groups is 2. The van der Waals surface area contributed by atoms with Crippen LogP contribution >= 0.6 is 0 Å². The molecular formula is C22H16ClN3. The van der Waals surface area contributed by atoms with Gasteiger partial charge in [0.2, 0.25) is 5.84 Å². The first-order valence-electron chi connectivity index (χ1n) is 8.35. The first kappa shape index (κ1) is 16.5. The quantitative estimate of drug-likeness (QED) is 0.817. The second kappa shape index (κ2) is 6.71. The van der Waals surface area contributed by atoms with Crippen molar-refractivity contribution in [3.05, 3.63) is 108 Å². The summed E-state index contributed by atoms with van der Waals surface area (Å²) >= 11 is 0. The van der Waals surface area contributed by atoms with Crippen molar-refractivity contribution >= 4 is 12.1 Å². The van der Waals surface area contributed by atoms with Crippen molar-refractivity contribution in [1.29, 1.82) is 0 Å². The van der Waals surface area contributed by atoms with E-state index in [1.807, 2.05) is 24.6 Å². The van der Waals surface area contributed by atoms with E-state index in [2.05, 4.69) is 71.9 Å². The maximum absolute atomic E-state index is 4.96. The fourth-order valence-electron chi connectivity index (χ4n) is 3.29. The van der Waals surface area contributed by atoms with Gasteiger partial charge in [-0.15, -0.1) is 0 Å². The standard InChI is InChI=1S/C22H15N3.ClH/c1-2-6-16(7-3-1)18-10-5-11-19(14-18)22-24-21(17-8-4-9-17)20-15-23-12-13-25(20)22;/h1-15H;1H. The molecule has 26 heavy (non-hydrogen) atoms. The molecule has 5 rings (SSSR count). The molecule has 0 saturated carbocycles. The minimum atomic E-state index is 0. The molecule has 1 N–H and O–H groups in total. The Morgan fingerprint density at radius 3 is 2.38 bits per heavy atom. The van der Waals surface area contributed by atoms with Crippen LogP contribution in [0.1, 0.15) is 5.56 Å². The topological polar surface area (TPSA) is 29.2 Å². The van der Waals surface area contributed by atoms with E-state index in [0.29, 0.717) is 0 Å². The van der Waals surface area contributed by atoms with Crippen LogP contribution in [0.3, 0.4) is 0 Å². The highest BCUT2D eigenvalue weighted by molar-refractivity contribution is 6.00. The number of rotatable bonds is 3. The Morgan fingerprint density at radius 2 is 1.62 bits per heavy atom. The van der Waals surface area contributed by atoms with Gasteiger partial charge in [0, 0.05) is 5.57 Å². The molecule has 126 valence electrons. The molecule has 2 aromatic carbocycles. The highest BCUT2D eigenvalue weighted by atomic mass is 35.5. The van der Waals surface area contributed by atoms with Crippen molar-refractivity contribution in [3.8, 4) is 11.1 Å². The van der Waals surface area contributed by atoms with Crippen molar-refractivity contribution in [1.82, 2.24) is 0 Å². The van der Waals surface area contributed by atoms with Gasteiger partial charge in [0.05, 0.1) is 18.0 Å². The SMILES string of the molecule is C1=CC(C2=C3C=NC=C[NH+]3C(c3cccc(-c4ccccc4)c3)=N2)=C1.[Cl-]. The van der Waals surface area contributed by atoms with Gasteiger partial charge in [0.25, 0.3) is 0 Å². The summed E-state index contributed by atoms with van der Waals surface area (Å²) in [5.74, 6) is 1.02. The van der Waals surface area contributed by atoms with Gasteiger partial charge in [0.1, 0.15) is 11.9 Å². The summed E-state index contributed by atoms with van der Waals surface area (Å²) in [7, 11) is 0. The van der Waals surface area contributed by atoms with Gasteiger partial charge in [0.15, 0.2) is 5.70 Å². The number of hydrogen-bond acceptors (Lipinski definition) is 2. The number of amidine groups is 1. The molecule has 2 heterocycles. The Bertz CT molecular complexity index is 1040. The number of hydrogen-bond donors (Lipinski definition) is 1. The number of fused-ring (bicyclic) bond motifs is 1. The molecule has 3 nitrogen and oxygen atoms in total. The van der Waals surface area contributed by atoms with Crippen LogP contribution in [0.25, 0.3) is 11.1 Å². The molecule has 0 saturated heterocycles. The molecule has 1 aliphatic carbocycles. The Morgan fingerprint density at radius 1 is 0.846 bits per heavy atom. The van der Waals surface area contributed by atoms with Crippen molar-refractivity contribution < 1.29 is 17.3 Å². The molecule has 4 heteroatoms. The number of quaternary nitrogens is 1. The van der Waals surface area contributed by atoms with Gasteiger partial charge in [-0.1, -0.05) is 60.7 Å². The van der Waals surface area contributed by atoms with Crippen LogP contribution in [0.2, 0.25) is 0 Å². The highest BCUT2D eigenvalue weighted by Crippen LogP contribution is 2.26. The molecular weight excluding hydrogens is 342 g/mol. The van der Waals surface area contributed by atoms with Crippen molar-refractivity contribution in [2.24, 2.45) is 9.98 Å². The maximum Gasteiger partial charge on any atom is 0.244 e. The molecule has 2 aromatic rings. The average Bonchev–Trinajstić information content (AvgIpc) is 3.01. The minimum Gasteiger partial charge on any atom is -1.00 e. The zero-order chi connectivity index (χ0) is 16.6. The Hall–Kier alpha value is -3.01. The summed E-state index contributed by atoms with van der Waals surface area (Å²) in [6.07, 6.45) is 12.0. The normalized spacial score (nSPS) is 19.5. The van der Waals surface area contributed by atoms with Gasteiger partial charge in [-0.3, -0.25) is 4.99 Å². The molecule has 0 spiro atoms. The summed E-state index contributed by atoms with van der Waals surface area (Å²) in [5.41, 5.74) is 6.85. The minimum absolute atomic E-state index is 0. The zero-order valence-corrected chi connectivity index (χ0v) is 14.7. The van der Waals surface area contributed by atoms with Crippen LogP contribution in [0.5, 0.6) is 0 Å². The molecule has 1 unspecified atom stereocenters. The third kappa shape index (κ3) is 2.68. The summed E-state index contributed by atoms with van der Waals surface area (Å²) < 4.78 is 0. The third-order valence-electron chi connectivity index (χ3n) is 4.62. The summed E-state index contributed by atoms with van der Waals surface area (Å²) in [6, 6.07) is 19.0. The summed E-state index contributed by atoms with van der Waals surface area (Å²) in [5, 5.41) is 0. The van der Waals surface area contributed by atoms with Gasteiger partial charge >= 0.3 is 0 Å². The predicted octanol–water partition coefficient (Wildman–Crippen LogP) is 0.266. The average molecular weight is 358 g/mol. The fourth-order valence-corrected chi connectivity index (χ4v) is 3.29. The van der Waals surface area contributed by atoms with Crippen LogP contribution < -0.4 is 17.3 Å². The van der Waals surface area contributed by atoms with Gasteiger partial charge in [-0.2, -0.15) is 4.99 Å². The second-order valence-electron chi connectivity index (χ2n) is 6.16. The van der Waals surface area contributed by atoms with Crippen LogP contribution in [0.4, 0.5) is 0 Å². The van der Waals surface area contributed by atoms with E-state index < -0.39 is 0 Å². The lowest BCUT2D eigenvalue weighted by molar-refractivity contribution is -0.689. The van der Waals surface area contributed by atoms with Crippen LogP contribution in [0, 0.1) is 0 Å². The monoisotopic (exact) mass is 357 g/mol. The van der Waals surface area contributed by atoms with E-state index in [1.54, 1.807) is 0 Å². The maximum atomic E-state index is 4.96. The molecule has 2 aliphatic heterocycles. The Labute approximate surface area is 158 Å². The van der Waals surface area contributed by atoms with E-state index in [0.717, 1.165) is 27.7 Å². The molecule has 0 bridgehead atoms. The highest BCUT2D eigenvalue weighted by Gasteiger charge is 2.34. The third-order valence-corrected chi connectivity index (χ3v) is 4.62. The van der Waals surface area contributed by atoms with Crippen LogP contribution in [-0.2, 0) is 0 Å². The van der Waals surface area contributed by atoms with E-state index >= 15 is 0 Å². The van der Waals surface area contributed by atoms with Crippen molar-refractivity contribution in [3.63, 3.8) is 0 Å². The lowest BCUT2D eigenvalue weighted by Crippen LogP contribution is -3.08. The first-order chi connectivity index (χ1) is 12.4. The summed E-state index contributed by atoms with van der Waals surface area (Å²) in [4.78, 5) is 10.4. The van der Waals surface area contributed by atoms with E-state index in [9.17, 15) is 0 Å². The first-order valence-corrected chi connectivity index (χ1v) is 8.35. The number of allylic oxidation sites excluding steroid dienone is 4. The van der Waals surface area contributed by atoms with Crippen molar-refractivity contribution in [2.75, 3.05) is 0 Å². The van der Waals surface area contributed by atoms with Crippen LogP contribution in [-0.4, -0.2) is 12.1 Å². The predicted molar refractivity (Wildman–Crippen MR) is 101 cm³/mol. The fraction of sp³-hybridized carbons (Fsp3) is 0. The molecule has 1 atom stereocenters. The lowest BCUT2D eigenvalue weighted by Gasteiger charge is -2.14. The molecule has 0 amide bonds. The lowest BCUT2D eigenvalue weighted by atomic mass is 10.0. The van der Waals surface area contributed by atoms with Gasteiger partial charge < -0.3 is 12.4 Å². The number of halogens is 1. The molecule has 0 radical (unpaired) electrons. The zero-order valence-electron chi connectivity index (χ0n) is 13.9. The molecule has 0 fully saturated rings. The summed E-state index contributed by atoms with van der Waals surface area (Å²) in [6.45, 7) is 0. The second-order valence-corrected chi connectivity index (χ2v) is 6.16. The van der Waals surface area contributed by atoms with E-state index in [4.69, 9.17) is 4.99 Å². The van der Waals surface area contributed by atoms with E-state index in [-0.39, 0.29) is 12.4 Å². The number of nitrogens with one attached hydrogen (secondary N) is 1. The number of nitrogens with zero attached hydrogens (tertiary/aromatic N) is 2. The van der Waals surface area contributed by atoms with E-state index in [1.165, 1.54) is 16.7 Å². The molecule has 3 aliphatic rings. The van der Waals surface area contributed by atoms with Crippen molar-refractivity contribution in [2.45, 2.75) is 0 Å².